The maximum atomic E-state index is 12.9. The van der Waals surface area contributed by atoms with Gasteiger partial charge in [0.25, 0.3) is 0 Å². The van der Waals surface area contributed by atoms with Gasteiger partial charge in [-0.15, -0.1) is 0 Å². The summed E-state index contributed by atoms with van der Waals surface area (Å²) in [5.74, 6) is 1.30. The minimum absolute atomic E-state index is 0.220. The van der Waals surface area contributed by atoms with Gasteiger partial charge in [-0.3, -0.25) is 9.59 Å². The van der Waals surface area contributed by atoms with Crippen LogP contribution in [0.1, 0.15) is 77.6 Å². The average molecular weight is 288 g/mol. The van der Waals surface area contributed by atoms with Crippen molar-refractivity contribution in [3.63, 3.8) is 0 Å². The number of carbonyl (C=O) groups excluding carboxylic acids is 2. The Kier molecular flexibility index (Phi) is 4.33. The minimum Gasteiger partial charge on any atom is -0.299 e. The number of unbranched alkanes of at least 4 members (excludes halogenated alkanes) is 3. The molecule has 3 aliphatic rings. The van der Waals surface area contributed by atoms with E-state index in [1.165, 1.54) is 32.1 Å². The number of hydrogen-bond donors (Lipinski definition) is 0. The molecule has 2 saturated carbocycles. The first-order chi connectivity index (χ1) is 10.2. The number of hydrogen-bond acceptors (Lipinski definition) is 2. The van der Waals surface area contributed by atoms with Crippen LogP contribution in [0.25, 0.3) is 0 Å². The molecule has 0 aliphatic heterocycles. The van der Waals surface area contributed by atoms with E-state index in [2.05, 4.69) is 13.0 Å². The largest absolute Gasteiger partial charge is 0.299 e. The van der Waals surface area contributed by atoms with Gasteiger partial charge in [-0.05, 0) is 49.5 Å². The Balaban J connectivity index is 1.84. The summed E-state index contributed by atoms with van der Waals surface area (Å²) in [6.07, 6.45) is 13.9. The van der Waals surface area contributed by atoms with Crippen molar-refractivity contribution in [2.45, 2.75) is 77.6 Å². The minimum atomic E-state index is -0.587. The molecule has 2 bridgehead atoms. The summed E-state index contributed by atoms with van der Waals surface area (Å²) in [5.41, 5.74) is 0.412. The molecule has 2 nitrogen and oxygen atoms in total. The summed E-state index contributed by atoms with van der Waals surface area (Å²) in [7, 11) is 0. The molecule has 2 fully saturated rings. The van der Waals surface area contributed by atoms with Gasteiger partial charge in [-0.2, -0.15) is 0 Å². The quantitative estimate of drug-likeness (QED) is 0.546. The van der Waals surface area contributed by atoms with Gasteiger partial charge in [-0.1, -0.05) is 45.1 Å². The van der Waals surface area contributed by atoms with Gasteiger partial charge in [0.05, 0.1) is 5.41 Å². The van der Waals surface area contributed by atoms with Crippen LogP contribution in [0.4, 0.5) is 0 Å². The third kappa shape index (κ3) is 2.41. The van der Waals surface area contributed by atoms with Gasteiger partial charge in [0.15, 0.2) is 5.78 Å². The summed E-state index contributed by atoms with van der Waals surface area (Å²) < 4.78 is 0. The molecule has 21 heavy (non-hydrogen) atoms. The fourth-order valence-electron chi connectivity index (χ4n) is 5.05. The number of rotatable bonds is 5. The topological polar surface area (TPSA) is 34.1 Å². The maximum Gasteiger partial charge on any atom is 0.172 e. The standard InChI is InChI=1S/C19H28O2/c1-2-3-4-5-8-14-13-15-9-6-11-17(20)19(18(15)21)12-7-10-16(14)19/h13-14,16H,2-12H2,1H3/t14-,16+,19+/m1/s1. The lowest BCUT2D eigenvalue weighted by Crippen LogP contribution is -2.47. The molecule has 0 amide bonds. The molecule has 0 aromatic rings. The predicted molar refractivity (Wildman–Crippen MR) is 84.0 cm³/mol. The van der Waals surface area contributed by atoms with Crippen molar-refractivity contribution >= 4 is 11.6 Å². The molecule has 3 rings (SSSR count). The van der Waals surface area contributed by atoms with E-state index < -0.39 is 5.41 Å². The third-order valence-electron chi connectivity index (χ3n) is 6.09. The molecular formula is C19H28O2. The molecule has 2 heteroatoms. The Hall–Kier alpha value is -0.920. The molecule has 0 aromatic heterocycles. The Morgan fingerprint density at radius 1 is 1.14 bits per heavy atom. The fourth-order valence-corrected chi connectivity index (χ4v) is 5.05. The van der Waals surface area contributed by atoms with E-state index in [1.807, 2.05) is 0 Å². The van der Waals surface area contributed by atoms with E-state index in [0.29, 0.717) is 18.3 Å². The van der Waals surface area contributed by atoms with Crippen molar-refractivity contribution in [2.24, 2.45) is 17.3 Å². The van der Waals surface area contributed by atoms with E-state index >= 15 is 0 Å². The van der Waals surface area contributed by atoms with E-state index in [4.69, 9.17) is 0 Å². The Morgan fingerprint density at radius 3 is 2.81 bits per heavy atom. The number of Topliss-reactive ketones (excluding diaryl/α,β-unsaturated/α-hetero) is 2. The summed E-state index contributed by atoms with van der Waals surface area (Å²) in [5, 5.41) is 0. The lowest BCUT2D eigenvalue weighted by Gasteiger charge is -2.40. The smallest absolute Gasteiger partial charge is 0.172 e. The highest BCUT2D eigenvalue weighted by molar-refractivity contribution is 6.16. The van der Waals surface area contributed by atoms with Crippen molar-refractivity contribution < 1.29 is 9.59 Å². The lowest BCUT2D eigenvalue weighted by molar-refractivity contribution is -0.142. The molecule has 3 aliphatic carbocycles. The highest BCUT2D eigenvalue weighted by Crippen LogP contribution is 2.56. The number of carbonyl (C=O) groups is 2. The molecule has 0 aromatic carbocycles. The van der Waals surface area contributed by atoms with Crippen LogP contribution >= 0.6 is 0 Å². The second-order valence-electron chi connectivity index (χ2n) is 7.28. The van der Waals surface area contributed by atoms with Gasteiger partial charge >= 0.3 is 0 Å². The first-order valence-corrected chi connectivity index (χ1v) is 8.99. The first-order valence-electron chi connectivity index (χ1n) is 8.99. The Morgan fingerprint density at radius 2 is 2.00 bits per heavy atom. The van der Waals surface area contributed by atoms with Crippen molar-refractivity contribution in [2.75, 3.05) is 0 Å². The summed E-state index contributed by atoms with van der Waals surface area (Å²) in [6.45, 7) is 2.24. The molecule has 3 atom stereocenters. The monoisotopic (exact) mass is 288 g/mol. The van der Waals surface area contributed by atoms with E-state index in [-0.39, 0.29) is 11.6 Å². The molecular weight excluding hydrogens is 260 g/mol. The second-order valence-corrected chi connectivity index (χ2v) is 7.28. The summed E-state index contributed by atoms with van der Waals surface area (Å²) in [6, 6.07) is 0. The van der Waals surface area contributed by atoms with E-state index in [0.717, 1.165) is 37.7 Å². The number of fused-ring (bicyclic) bond motifs is 1. The zero-order chi connectivity index (χ0) is 14.9. The van der Waals surface area contributed by atoms with Crippen LogP contribution in [-0.4, -0.2) is 11.6 Å². The van der Waals surface area contributed by atoms with Crippen LogP contribution in [0.3, 0.4) is 0 Å². The molecule has 0 heterocycles. The Labute approximate surface area is 128 Å². The highest BCUT2D eigenvalue weighted by atomic mass is 16.2. The van der Waals surface area contributed by atoms with E-state index in [1.54, 1.807) is 0 Å². The van der Waals surface area contributed by atoms with Gasteiger partial charge in [0.1, 0.15) is 5.78 Å². The lowest BCUT2D eigenvalue weighted by atomic mass is 9.61. The van der Waals surface area contributed by atoms with Crippen molar-refractivity contribution in [3.8, 4) is 0 Å². The second kappa shape index (κ2) is 6.06. The van der Waals surface area contributed by atoms with Crippen LogP contribution in [0.15, 0.2) is 11.6 Å². The fraction of sp³-hybridized carbons (Fsp3) is 0.789. The van der Waals surface area contributed by atoms with Gasteiger partial charge < -0.3 is 0 Å². The van der Waals surface area contributed by atoms with Gasteiger partial charge in [0, 0.05) is 6.42 Å². The van der Waals surface area contributed by atoms with Crippen molar-refractivity contribution in [1.82, 2.24) is 0 Å². The zero-order valence-corrected chi connectivity index (χ0v) is 13.3. The van der Waals surface area contributed by atoms with Crippen LogP contribution < -0.4 is 0 Å². The summed E-state index contributed by atoms with van der Waals surface area (Å²) in [4.78, 5) is 25.6. The molecule has 0 unspecified atom stereocenters. The highest BCUT2D eigenvalue weighted by Gasteiger charge is 2.58. The number of ketones is 2. The molecule has 1 spiro atoms. The normalized spacial score (nSPS) is 35.4. The average Bonchev–Trinajstić information content (AvgIpc) is 2.90. The number of allylic oxidation sites excluding steroid dienone is 2. The molecule has 0 N–H and O–H groups in total. The molecule has 0 radical (unpaired) electrons. The first kappa shape index (κ1) is 15.0. The maximum absolute atomic E-state index is 12.9. The predicted octanol–water partition coefficient (Wildman–Crippen LogP) is 4.62. The summed E-state index contributed by atoms with van der Waals surface area (Å²) >= 11 is 0. The van der Waals surface area contributed by atoms with Gasteiger partial charge in [0.2, 0.25) is 0 Å². The zero-order valence-electron chi connectivity index (χ0n) is 13.3. The van der Waals surface area contributed by atoms with Crippen LogP contribution in [0.5, 0.6) is 0 Å². The van der Waals surface area contributed by atoms with Crippen LogP contribution in [0, 0.1) is 17.3 Å². The van der Waals surface area contributed by atoms with E-state index in [9.17, 15) is 9.59 Å². The van der Waals surface area contributed by atoms with Crippen LogP contribution in [0.2, 0.25) is 0 Å². The van der Waals surface area contributed by atoms with Crippen molar-refractivity contribution in [1.29, 1.82) is 0 Å². The van der Waals surface area contributed by atoms with Crippen LogP contribution in [-0.2, 0) is 9.59 Å². The third-order valence-corrected chi connectivity index (χ3v) is 6.09. The van der Waals surface area contributed by atoms with Crippen molar-refractivity contribution in [3.05, 3.63) is 11.6 Å². The Bertz CT molecular complexity index is 462. The molecule has 116 valence electrons. The molecule has 0 saturated heterocycles. The SMILES string of the molecule is CCCCCC[C@@H]1C=C2CCCC(=O)[C@@]3(CCC[C@@H]13)C2=O. The van der Waals surface area contributed by atoms with Gasteiger partial charge in [-0.25, -0.2) is 0 Å².